The Balaban J connectivity index is 1.19. The summed E-state index contributed by atoms with van der Waals surface area (Å²) in [5, 5.41) is 20.2. The fraction of sp³-hybridized carbons (Fsp3) is 0.444. The van der Waals surface area contributed by atoms with Gasteiger partial charge in [-0.2, -0.15) is 0 Å². The van der Waals surface area contributed by atoms with Crippen LogP contribution in [-0.2, 0) is 10.3 Å². The van der Waals surface area contributed by atoms with E-state index in [0.717, 1.165) is 19.3 Å². The molecule has 0 aromatic heterocycles. The summed E-state index contributed by atoms with van der Waals surface area (Å²) >= 11 is 0. The number of esters is 1. The Morgan fingerprint density at radius 1 is 0.667 bits per heavy atom. The molecule has 0 atom stereocenters. The molecule has 0 saturated heterocycles. The summed E-state index contributed by atoms with van der Waals surface area (Å²) in [5.41, 5.74) is 1.27. The number of benzene rings is 3. The van der Waals surface area contributed by atoms with Gasteiger partial charge in [0.15, 0.2) is 11.4 Å². The number of phenols is 2. The van der Waals surface area contributed by atoms with Crippen LogP contribution in [0, 0.1) is 0 Å². The quantitative estimate of drug-likeness (QED) is 0.107. The molecule has 3 aromatic rings. The van der Waals surface area contributed by atoms with E-state index >= 15 is 0 Å². The van der Waals surface area contributed by atoms with E-state index in [9.17, 15) is 19.8 Å². The maximum atomic E-state index is 13.3. The fourth-order valence-corrected chi connectivity index (χ4v) is 6.33. The second-order valence-electron chi connectivity index (χ2n) is 11.7. The first-order chi connectivity index (χ1) is 20.4. The van der Waals surface area contributed by atoms with Crippen molar-refractivity contribution in [3.63, 3.8) is 0 Å². The Kier molecular flexibility index (Phi) is 9.51. The van der Waals surface area contributed by atoms with Crippen LogP contribution >= 0.6 is 0 Å². The van der Waals surface area contributed by atoms with Gasteiger partial charge in [-0.05, 0) is 36.8 Å². The Morgan fingerprint density at radius 2 is 1.17 bits per heavy atom. The third-order valence-electron chi connectivity index (χ3n) is 8.60. The van der Waals surface area contributed by atoms with E-state index in [1.807, 2.05) is 0 Å². The summed E-state index contributed by atoms with van der Waals surface area (Å²) in [7, 11) is 0. The molecule has 2 N–H and O–H groups in total. The average molecular weight is 571 g/mol. The highest BCUT2D eigenvalue weighted by Gasteiger charge is 2.53. The predicted molar refractivity (Wildman–Crippen MR) is 163 cm³/mol. The summed E-state index contributed by atoms with van der Waals surface area (Å²) in [5.74, 6) is 0.169. The first-order valence-corrected chi connectivity index (χ1v) is 15.7. The average Bonchev–Trinajstić information content (AvgIpc) is 3.26. The van der Waals surface area contributed by atoms with Crippen LogP contribution in [0.25, 0.3) is 0 Å². The lowest BCUT2D eigenvalue weighted by molar-refractivity contribution is 0.0224. The van der Waals surface area contributed by atoms with E-state index in [4.69, 9.17) is 9.47 Å². The lowest BCUT2D eigenvalue weighted by Gasteiger charge is -2.36. The highest BCUT2D eigenvalue weighted by molar-refractivity contribution is 6.02. The van der Waals surface area contributed by atoms with Crippen LogP contribution < -0.4 is 4.74 Å². The van der Waals surface area contributed by atoms with Gasteiger partial charge in [-0.15, -0.1) is 0 Å². The number of unbranched alkanes of at least 4 members (excludes halogenated alkanes) is 12. The van der Waals surface area contributed by atoms with Gasteiger partial charge in [-0.3, -0.25) is 4.79 Å². The Hall–Kier alpha value is -3.80. The van der Waals surface area contributed by atoms with Crippen molar-refractivity contribution in [1.82, 2.24) is 0 Å². The topological polar surface area (TPSA) is 93.1 Å². The third-order valence-corrected chi connectivity index (χ3v) is 8.60. The van der Waals surface area contributed by atoms with E-state index in [-0.39, 0.29) is 17.3 Å². The Bertz CT molecular complexity index is 1370. The van der Waals surface area contributed by atoms with Gasteiger partial charge in [0.1, 0.15) is 23.0 Å². The molecule has 42 heavy (non-hydrogen) atoms. The minimum absolute atomic E-state index is 0.00570. The number of phenolic OH excluding ortho intramolecular Hbond substituents is 2. The van der Waals surface area contributed by atoms with Gasteiger partial charge in [0.05, 0.1) is 5.56 Å². The molecular weight excluding hydrogens is 528 g/mol. The summed E-state index contributed by atoms with van der Waals surface area (Å²) in [4.78, 5) is 26.3. The van der Waals surface area contributed by atoms with Gasteiger partial charge in [-0.1, -0.05) is 96.1 Å². The first-order valence-electron chi connectivity index (χ1n) is 15.7. The number of hydrogen-bond acceptors (Lipinski definition) is 6. The van der Waals surface area contributed by atoms with Crippen molar-refractivity contribution in [2.45, 2.75) is 102 Å². The monoisotopic (exact) mass is 570 g/mol. The number of fused-ring (bicyclic) bond motifs is 6. The zero-order valence-electron chi connectivity index (χ0n) is 24.6. The maximum Gasteiger partial charge on any atom is 0.340 e. The second kappa shape index (κ2) is 13.5. The largest absolute Gasteiger partial charge is 0.508 e. The van der Waals surface area contributed by atoms with Gasteiger partial charge in [0, 0.05) is 40.8 Å². The van der Waals surface area contributed by atoms with Crippen molar-refractivity contribution in [2.24, 2.45) is 0 Å². The van der Waals surface area contributed by atoms with Gasteiger partial charge in [0.25, 0.3) is 0 Å². The SMILES string of the molecule is CCCCCCCCCCCCCCCC(=O)c1ccc2c(c1)C(=O)OC21c2ccc(O)cc2Oc2cc(O)ccc21. The van der Waals surface area contributed by atoms with Crippen molar-refractivity contribution in [2.75, 3.05) is 0 Å². The Labute approximate surface area is 248 Å². The number of carbonyl (C=O) groups excluding carboxylic acids is 2. The number of aromatic hydroxyl groups is 2. The molecule has 6 nitrogen and oxygen atoms in total. The molecule has 0 fully saturated rings. The minimum Gasteiger partial charge on any atom is -0.508 e. The number of Topliss-reactive ketones (excluding diaryl/α,β-unsaturated/α-hetero) is 1. The molecule has 6 heteroatoms. The van der Waals surface area contributed by atoms with E-state index in [2.05, 4.69) is 6.92 Å². The summed E-state index contributed by atoms with van der Waals surface area (Å²) in [6, 6.07) is 14.5. The molecular formula is C36H42O6. The number of carbonyl (C=O) groups is 2. The third kappa shape index (κ3) is 6.18. The molecule has 2 aliphatic heterocycles. The lowest BCUT2D eigenvalue weighted by atomic mass is 9.77. The minimum atomic E-state index is -1.31. The molecule has 0 aliphatic carbocycles. The zero-order chi connectivity index (χ0) is 29.5. The van der Waals surface area contributed by atoms with Crippen molar-refractivity contribution in [3.8, 4) is 23.0 Å². The summed E-state index contributed by atoms with van der Waals surface area (Å²) in [6.07, 6.45) is 16.8. The normalized spacial score (nSPS) is 14.2. The number of hydrogen-bond donors (Lipinski definition) is 2. The molecule has 5 rings (SSSR count). The molecule has 222 valence electrons. The first kappa shape index (κ1) is 29.7. The maximum absolute atomic E-state index is 13.3. The molecule has 0 saturated carbocycles. The predicted octanol–water partition coefficient (Wildman–Crippen LogP) is 9.33. The molecule has 2 aliphatic rings. The molecule has 2 heterocycles. The van der Waals surface area contributed by atoms with E-state index < -0.39 is 11.6 Å². The number of ether oxygens (including phenoxy) is 2. The van der Waals surface area contributed by atoms with Crippen LogP contribution in [0.3, 0.4) is 0 Å². The molecule has 1 spiro atoms. The van der Waals surface area contributed by atoms with E-state index in [0.29, 0.717) is 45.7 Å². The van der Waals surface area contributed by atoms with Crippen molar-refractivity contribution in [3.05, 3.63) is 82.4 Å². The van der Waals surface area contributed by atoms with E-state index in [1.165, 1.54) is 88.5 Å². The second-order valence-corrected chi connectivity index (χ2v) is 11.7. The van der Waals surface area contributed by atoms with E-state index in [1.54, 1.807) is 30.3 Å². The highest BCUT2D eigenvalue weighted by atomic mass is 16.6. The van der Waals surface area contributed by atoms with Crippen molar-refractivity contribution >= 4 is 11.8 Å². The van der Waals surface area contributed by atoms with Crippen LogP contribution in [-0.4, -0.2) is 22.0 Å². The van der Waals surface area contributed by atoms with Gasteiger partial charge in [-0.25, -0.2) is 4.79 Å². The van der Waals surface area contributed by atoms with Crippen molar-refractivity contribution < 1.29 is 29.3 Å². The van der Waals surface area contributed by atoms with Crippen LogP contribution in [0.5, 0.6) is 23.0 Å². The molecule has 0 unspecified atom stereocenters. The van der Waals surface area contributed by atoms with Gasteiger partial charge in [0.2, 0.25) is 0 Å². The van der Waals surface area contributed by atoms with Gasteiger partial charge >= 0.3 is 5.97 Å². The standard InChI is InChI=1S/C36H42O6/c1-2-3-4-5-6-7-8-9-10-11-12-13-14-15-32(39)25-16-19-29-28(22-25)35(40)42-36(29)30-20-17-26(37)23-33(30)41-34-24-27(38)18-21-31(34)36/h16-24,37-38H,2-15H2,1H3. The highest BCUT2D eigenvalue weighted by Crippen LogP contribution is 2.57. The zero-order valence-corrected chi connectivity index (χ0v) is 24.6. The summed E-state index contributed by atoms with van der Waals surface area (Å²) < 4.78 is 12.1. The number of ketones is 1. The van der Waals surface area contributed by atoms with Crippen LogP contribution in [0.15, 0.2) is 54.6 Å². The van der Waals surface area contributed by atoms with Crippen molar-refractivity contribution in [1.29, 1.82) is 0 Å². The summed E-state index contributed by atoms with van der Waals surface area (Å²) in [6.45, 7) is 2.25. The van der Waals surface area contributed by atoms with Crippen LogP contribution in [0.2, 0.25) is 0 Å². The molecule has 3 aromatic carbocycles. The van der Waals surface area contributed by atoms with Crippen LogP contribution in [0.4, 0.5) is 0 Å². The van der Waals surface area contributed by atoms with Crippen LogP contribution in [0.1, 0.15) is 134 Å². The fourth-order valence-electron chi connectivity index (χ4n) is 6.33. The Morgan fingerprint density at radius 3 is 1.71 bits per heavy atom. The van der Waals surface area contributed by atoms with Gasteiger partial charge < -0.3 is 19.7 Å². The smallest absolute Gasteiger partial charge is 0.340 e. The molecule has 0 amide bonds. The lowest BCUT2D eigenvalue weighted by Crippen LogP contribution is -2.32. The molecule has 0 bridgehead atoms. The number of rotatable bonds is 15. The molecule has 0 radical (unpaired) electrons.